The first-order valence-electron chi connectivity index (χ1n) is 8.50. The van der Waals surface area contributed by atoms with Gasteiger partial charge in [0.2, 0.25) is 0 Å². The molecule has 0 bridgehead atoms. The number of aryl methyl sites for hydroxylation is 1. The Labute approximate surface area is 144 Å². The second kappa shape index (κ2) is 6.76. The van der Waals surface area contributed by atoms with Gasteiger partial charge in [0.1, 0.15) is 0 Å². The van der Waals surface area contributed by atoms with Crippen LogP contribution in [-0.2, 0) is 23.5 Å². The lowest BCUT2D eigenvalue weighted by molar-refractivity contribution is 0.0263. The van der Waals surface area contributed by atoms with Gasteiger partial charge in [-0.05, 0) is 11.3 Å². The largest absolute Gasteiger partial charge is 0.378 e. The summed E-state index contributed by atoms with van der Waals surface area (Å²) in [5.41, 5.74) is 2.13. The van der Waals surface area contributed by atoms with Crippen molar-refractivity contribution < 1.29 is 9.53 Å². The summed E-state index contributed by atoms with van der Waals surface area (Å²) >= 11 is 1.85. The SMILES string of the molecule is O=C(N1CCOCC1)N1CC(Cn2nc3c(cc2=O)CSCC3)C1. The first-order valence-corrected chi connectivity index (χ1v) is 9.65. The number of ether oxygens (including phenoxy) is 1. The molecule has 2 fully saturated rings. The van der Waals surface area contributed by atoms with E-state index in [4.69, 9.17) is 4.74 Å². The molecule has 8 heteroatoms. The van der Waals surface area contributed by atoms with Crippen molar-refractivity contribution in [3.8, 4) is 0 Å². The van der Waals surface area contributed by atoms with E-state index in [-0.39, 0.29) is 11.6 Å². The molecular formula is C16H22N4O3S. The number of aromatic nitrogens is 2. The van der Waals surface area contributed by atoms with Crippen LogP contribution in [0.25, 0.3) is 0 Å². The van der Waals surface area contributed by atoms with Gasteiger partial charge in [0.05, 0.1) is 25.5 Å². The van der Waals surface area contributed by atoms with Gasteiger partial charge in [-0.1, -0.05) is 0 Å². The van der Waals surface area contributed by atoms with E-state index in [9.17, 15) is 9.59 Å². The van der Waals surface area contributed by atoms with E-state index in [2.05, 4.69) is 5.10 Å². The van der Waals surface area contributed by atoms with Crippen LogP contribution in [0, 0.1) is 5.92 Å². The van der Waals surface area contributed by atoms with Gasteiger partial charge in [-0.15, -0.1) is 0 Å². The predicted octanol–water partition coefficient (Wildman–Crippen LogP) is 0.417. The number of thioether (sulfide) groups is 1. The average molecular weight is 350 g/mol. The summed E-state index contributed by atoms with van der Waals surface area (Å²) in [5, 5.41) is 4.55. The minimum atomic E-state index is -0.0193. The Kier molecular flexibility index (Phi) is 4.49. The van der Waals surface area contributed by atoms with Gasteiger partial charge < -0.3 is 14.5 Å². The fourth-order valence-electron chi connectivity index (χ4n) is 3.42. The minimum absolute atomic E-state index is 0.0193. The Morgan fingerprint density at radius 3 is 2.88 bits per heavy atom. The third-order valence-corrected chi connectivity index (χ3v) is 5.85. The number of morpholine rings is 1. The molecule has 4 heterocycles. The van der Waals surface area contributed by atoms with E-state index in [1.54, 1.807) is 10.7 Å². The zero-order chi connectivity index (χ0) is 16.5. The first-order chi connectivity index (χ1) is 11.7. The molecule has 0 N–H and O–H groups in total. The normalized spacial score (nSPS) is 21.3. The molecule has 0 atom stereocenters. The predicted molar refractivity (Wildman–Crippen MR) is 91.2 cm³/mol. The molecule has 2 saturated heterocycles. The molecule has 0 spiro atoms. The molecule has 2 amide bonds. The van der Waals surface area contributed by atoms with Crippen LogP contribution in [0.15, 0.2) is 10.9 Å². The van der Waals surface area contributed by atoms with Gasteiger partial charge in [-0.3, -0.25) is 4.79 Å². The van der Waals surface area contributed by atoms with Crippen molar-refractivity contribution in [2.75, 3.05) is 45.1 Å². The number of carbonyl (C=O) groups excluding carboxylic acids is 1. The standard InChI is InChI=1S/C16H22N4O3S/c21-15-7-13-11-24-6-1-14(13)17-20(15)10-12-8-19(9-12)16(22)18-2-4-23-5-3-18/h7,12H,1-6,8-11H2. The molecule has 3 aliphatic rings. The van der Waals surface area contributed by atoms with Gasteiger partial charge in [0, 0.05) is 50.3 Å². The Hall–Kier alpha value is -1.54. The number of urea groups is 1. The number of hydrogen-bond acceptors (Lipinski definition) is 5. The van der Waals surface area contributed by atoms with Crippen LogP contribution >= 0.6 is 11.8 Å². The lowest BCUT2D eigenvalue weighted by atomic mass is 10.0. The molecule has 130 valence electrons. The lowest BCUT2D eigenvalue weighted by Gasteiger charge is -2.42. The van der Waals surface area contributed by atoms with Crippen LogP contribution in [0.2, 0.25) is 0 Å². The molecule has 0 unspecified atom stereocenters. The number of carbonyl (C=O) groups is 1. The maximum atomic E-state index is 12.3. The topological polar surface area (TPSA) is 67.7 Å². The highest BCUT2D eigenvalue weighted by atomic mass is 32.2. The monoisotopic (exact) mass is 350 g/mol. The molecule has 0 saturated carbocycles. The molecule has 3 aliphatic heterocycles. The van der Waals surface area contributed by atoms with E-state index >= 15 is 0 Å². The van der Waals surface area contributed by atoms with Crippen molar-refractivity contribution >= 4 is 17.8 Å². The summed E-state index contributed by atoms with van der Waals surface area (Å²) in [6.07, 6.45) is 0.937. The fraction of sp³-hybridized carbons (Fsp3) is 0.688. The van der Waals surface area contributed by atoms with Gasteiger partial charge in [-0.2, -0.15) is 16.9 Å². The molecule has 1 aromatic heterocycles. The highest BCUT2D eigenvalue weighted by Gasteiger charge is 2.34. The summed E-state index contributed by atoms with van der Waals surface area (Å²) in [4.78, 5) is 28.3. The number of rotatable bonds is 2. The molecule has 0 aliphatic carbocycles. The number of nitrogens with zero attached hydrogens (tertiary/aromatic N) is 4. The Morgan fingerprint density at radius 1 is 1.29 bits per heavy atom. The number of hydrogen-bond donors (Lipinski definition) is 0. The van der Waals surface area contributed by atoms with E-state index < -0.39 is 0 Å². The van der Waals surface area contributed by atoms with Crippen molar-refractivity contribution in [2.45, 2.75) is 18.7 Å². The zero-order valence-electron chi connectivity index (χ0n) is 13.6. The summed E-state index contributed by atoms with van der Waals surface area (Å²) in [6.45, 7) is 4.60. The Morgan fingerprint density at radius 2 is 2.08 bits per heavy atom. The number of fused-ring (bicyclic) bond motifs is 1. The van der Waals surface area contributed by atoms with Crippen LogP contribution in [0.3, 0.4) is 0 Å². The first kappa shape index (κ1) is 16.0. The maximum Gasteiger partial charge on any atom is 0.320 e. The van der Waals surface area contributed by atoms with Crippen LogP contribution < -0.4 is 5.56 Å². The summed E-state index contributed by atoms with van der Waals surface area (Å²) in [7, 11) is 0. The van der Waals surface area contributed by atoms with E-state index in [1.807, 2.05) is 21.6 Å². The Balaban J connectivity index is 1.35. The highest BCUT2D eigenvalue weighted by molar-refractivity contribution is 7.98. The third kappa shape index (κ3) is 3.17. The van der Waals surface area contributed by atoms with Crippen molar-refractivity contribution in [1.29, 1.82) is 0 Å². The van der Waals surface area contributed by atoms with Crippen LogP contribution in [0.1, 0.15) is 11.3 Å². The summed E-state index contributed by atoms with van der Waals surface area (Å²) < 4.78 is 6.87. The molecule has 0 radical (unpaired) electrons. The zero-order valence-corrected chi connectivity index (χ0v) is 14.5. The van der Waals surface area contributed by atoms with Crippen molar-refractivity contribution in [2.24, 2.45) is 5.92 Å². The quantitative estimate of drug-likeness (QED) is 0.773. The smallest absolute Gasteiger partial charge is 0.320 e. The van der Waals surface area contributed by atoms with Crippen molar-refractivity contribution in [1.82, 2.24) is 19.6 Å². The molecule has 4 rings (SSSR count). The van der Waals surface area contributed by atoms with Crippen LogP contribution in [0.4, 0.5) is 4.79 Å². The van der Waals surface area contributed by atoms with Gasteiger partial charge in [0.15, 0.2) is 0 Å². The van der Waals surface area contributed by atoms with Crippen LogP contribution in [-0.4, -0.2) is 70.8 Å². The summed E-state index contributed by atoms with van der Waals surface area (Å²) in [5.74, 6) is 2.28. The third-order valence-electron chi connectivity index (χ3n) is 4.85. The molecule has 24 heavy (non-hydrogen) atoms. The Bertz CT molecular complexity index is 680. The maximum absolute atomic E-state index is 12.3. The van der Waals surface area contributed by atoms with Gasteiger partial charge >= 0.3 is 6.03 Å². The van der Waals surface area contributed by atoms with E-state index in [0.717, 1.165) is 29.2 Å². The van der Waals surface area contributed by atoms with Gasteiger partial charge in [0.25, 0.3) is 5.56 Å². The summed E-state index contributed by atoms with van der Waals surface area (Å²) in [6, 6.07) is 1.83. The van der Waals surface area contributed by atoms with Gasteiger partial charge in [-0.25, -0.2) is 9.48 Å². The minimum Gasteiger partial charge on any atom is -0.378 e. The second-order valence-electron chi connectivity index (χ2n) is 6.59. The molecule has 1 aromatic rings. The average Bonchev–Trinajstić information content (AvgIpc) is 2.58. The molecule has 7 nitrogen and oxygen atoms in total. The highest BCUT2D eigenvalue weighted by Crippen LogP contribution is 2.22. The lowest BCUT2D eigenvalue weighted by Crippen LogP contribution is -2.58. The molecule has 0 aromatic carbocycles. The van der Waals surface area contributed by atoms with Crippen LogP contribution in [0.5, 0.6) is 0 Å². The fourth-order valence-corrected chi connectivity index (χ4v) is 4.38. The van der Waals surface area contributed by atoms with Crippen molar-refractivity contribution in [3.63, 3.8) is 0 Å². The van der Waals surface area contributed by atoms with Crippen molar-refractivity contribution in [3.05, 3.63) is 27.7 Å². The molecular weight excluding hydrogens is 328 g/mol. The second-order valence-corrected chi connectivity index (χ2v) is 7.70. The number of amides is 2. The van der Waals surface area contributed by atoms with E-state index in [0.29, 0.717) is 51.9 Å². The number of likely N-dealkylation sites (tertiary alicyclic amines) is 1. The van der Waals surface area contributed by atoms with E-state index in [1.165, 1.54) is 0 Å².